The van der Waals surface area contributed by atoms with Gasteiger partial charge in [0, 0.05) is 10.8 Å². The Morgan fingerprint density at radius 1 is 0.870 bits per heavy atom. The lowest BCUT2D eigenvalue weighted by atomic mass is 10.1. The van der Waals surface area contributed by atoms with Gasteiger partial charge < -0.3 is 5.73 Å². The zero-order chi connectivity index (χ0) is 16.0. The molecule has 3 aromatic carbocycles. The predicted octanol–water partition coefficient (Wildman–Crippen LogP) is 3.13. The number of sulfone groups is 1. The number of nitrogens with zero attached hydrogens (tertiary/aromatic N) is 1. The largest absolute Gasteiger partial charge is 0.397 e. The van der Waals surface area contributed by atoms with E-state index in [-0.39, 0.29) is 9.92 Å². The average molecular weight is 323 g/mol. The first-order chi connectivity index (χ1) is 11.1. The number of nitrogens with one attached hydrogen (secondary N) is 1. The second kappa shape index (κ2) is 4.82. The van der Waals surface area contributed by atoms with Gasteiger partial charge in [-0.2, -0.15) is 5.10 Å². The van der Waals surface area contributed by atoms with E-state index < -0.39 is 9.84 Å². The molecule has 0 aliphatic heterocycles. The summed E-state index contributed by atoms with van der Waals surface area (Å²) >= 11 is 0. The van der Waals surface area contributed by atoms with E-state index in [0.717, 1.165) is 5.39 Å². The number of fused-ring (bicyclic) bond motifs is 2. The molecule has 0 aliphatic carbocycles. The van der Waals surface area contributed by atoms with E-state index in [1.54, 1.807) is 36.4 Å². The SMILES string of the molecule is Nc1cccc2c(S(=O)(=O)c3cccc4ccccc34)[nH]nc12. The lowest BCUT2D eigenvalue weighted by Gasteiger charge is -2.07. The van der Waals surface area contributed by atoms with Gasteiger partial charge in [0.1, 0.15) is 5.52 Å². The van der Waals surface area contributed by atoms with Crippen molar-refractivity contribution in [1.82, 2.24) is 10.2 Å². The molecule has 1 aromatic heterocycles. The fourth-order valence-corrected chi connectivity index (χ4v) is 4.35. The van der Waals surface area contributed by atoms with Crippen molar-refractivity contribution >= 4 is 37.2 Å². The number of aromatic amines is 1. The molecule has 0 aliphatic rings. The standard InChI is InChI=1S/C17H13N3O2S/c18-14-9-4-8-13-16(14)19-20-17(13)23(21,22)15-10-3-6-11-5-1-2-7-12(11)15/h1-10H,18H2,(H,19,20). The highest BCUT2D eigenvalue weighted by molar-refractivity contribution is 7.91. The highest BCUT2D eigenvalue weighted by Crippen LogP contribution is 2.32. The summed E-state index contributed by atoms with van der Waals surface area (Å²) in [7, 11) is -3.74. The molecule has 114 valence electrons. The van der Waals surface area contributed by atoms with Gasteiger partial charge in [0.2, 0.25) is 9.84 Å². The van der Waals surface area contributed by atoms with Crippen LogP contribution < -0.4 is 5.73 Å². The molecule has 5 nitrogen and oxygen atoms in total. The molecular weight excluding hydrogens is 310 g/mol. The quantitative estimate of drug-likeness (QED) is 0.555. The summed E-state index contributed by atoms with van der Waals surface area (Å²) in [6, 6.07) is 17.7. The smallest absolute Gasteiger partial charge is 0.224 e. The van der Waals surface area contributed by atoms with Crippen molar-refractivity contribution in [1.29, 1.82) is 0 Å². The van der Waals surface area contributed by atoms with Gasteiger partial charge in [-0.3, -0.25) is 5.10 Å². The van der Waals surface area contributed by atoms with Gasteiger partial charge in [-0.15, -0.1) is 0 Å². The molecule has 23 heavy (non-hydrogen) atoms. The molecule has 0 radical (unpaired) electrons. The van der Waals surface area contributed by atoms with Crippen LogP contribution in [0.25, 0.3) is 21.7 Å². The third kappa shape index (κ3) is 1.99. The Bertz CT molecular complexity index is 1140. The van der Waals surface area contributed by atoms with Crippen LogP contribution in [0.4, 0.5) is 5.69 Å². The van der Waals surface area contributed by atoms with Crippen LogP contribution in [-0.2, 0) is 9.84 Å². The zero-order valence-corrected chi connectivity index (χ0v) is 12.8. The average Bonchev–Trinajstić information content (AvgIpc) is 3.00. The molecular formula is C17H13N3O2S. The minimum absolute atomic E-state index is 0.0659. The number of aromatic nitrogens is 2. The van der Waals surface area contributed by atoms with Crippen LogP contribution in [0, 0.1) is 0 Å². The van der Waals surface area contributed by atoms with Crippen LogP contribution in [0.1, 0.15) is 0 Å². The first kappa shape index (κ1) is 13.8. The fourth-order valence-electron chi connectivity index (χ4n) is 2.78. The predicted molar refractivity (Wildman–Crippen MR) is 89.9 cm³/mol. The van der Waals surface area contributed by atoms with Crippen LogP contribution in [0.3, 0.4) is 0 Å². The molecule has 0 spiro atoms. The first-order valence-corrected chi connectivity index (χ1v) is 8.53. The van der Waals surface area contributed by atoms with Crippen molar-refractivity contribution in [3.05, 3.63) is 60.7 Å². The molecule has 4 rings (SSSR count). The number of anilines is 1. The molecule has 6 heteroatoms. The molecule has 0 fully saturated rings. The molecule has 3 N–H and O–H groups in total. The number of nitrogens with two attached hydrogens (primary N) is 1. The number of rotatable bonds is 2. The maximum Gasteiger partial charge on any atom is 0.224 e. The third-order valence-electron chi connectivity index (χ3n) is 3.89. The van der Waals surface area contributed by atoms with Crippen molar-refractivity contribution in [2.75, 3.05) is 5.73 Å². The van der Waals surface area contributed by atoms with Gasteiger partial charge >= 0.3 is 0 Å². The van der Waals surface area contributed by atoms with Gasteiger partial charge in [-0.25, -0.2) is 8.42 Å². The number of hydrogen-bond donors (Lipinski definition) is 2. The van der Waals surface area contributed by atoms with Crippen LogP contribution in [0.15, 0.2) is 70.6 Å². The molecule has 0 unspecified atom stereocenters. The highest BCUT2D eigenvalue weighted by atomic mass is 32.2. The minimum atomic E-state index is -3.74. The topological polar surface area (TPSA) is 88.8 Å². The summed E-state index contributed by atoms with van der Waals surface area (Å²) in [5.41, 5.74) is 6.77. The number of benzene rings is 3. The van der Waals surface area contributed by atoms with E-state index in [4.69, 9.17) is 5.73 Å². The second-order valence-corrected chi connectivity index (χ2v) is 7.13. The van der Waals surface area contributed by atoms with E-state index in [1.165, 1.54) is 0 Å². The maximum atomic E-state index is 13.1. The van der Waals surface area contributed by atoms with E-state index in [2.05, 4.69) is 10.2 Å². The number of H-pyrrole nitrogens is 1. The van der Waals surface area contributed by atoms with Crippen LogP contribution in [0.5, 0.6) is 0 Å². The molecule has 0 amide bonds. The maximum absolute atomic E-state index is 13.1. The summed E-state index contributed by atoms with van der Waals surface area (Å²) in [4.78, 5) is 0.253. The van der Waals surface area contributed by atoms with Crippen molar-refractivity contribution in [2.24, 2.45) is 0 Å². The summed E-state index contributed by atoms with van der Waals surface area (Å²) in [6.45, 7) is 0. The Labute approximate surface area is 132 Å². The van der Waals surface area contributed by atoms with Crippen molar-refractivity contribution in [2.45, 2.75) is 9.92 Å². The van der Waals surface area contributed by atoms with Crippen molar-refractivity contribution < 1.29 is 8.42 Å². The molecule has 0 saturated carbocycles. The molecule has 1 heterocycles. The van der Waals surface area contributed by atoms with E-state index in [0.29, 0.717) is 22.0 Å². The summed E-state index contributed by atoms with van der Waals surface area (Å²) in [5.74, 6) is 0. The lowest BCUT2D eigenvalue weighted by molar-refractivity contribution is 0.593. The third-order valence-corrected chi connectivity index (χ3v) is 5.67. The van der Waals surface area contributed by atoms with E-state index >= 15 is 0 Å². The fraction of sp³-hybridized carbons (Fsp3) is 0. The Morgan fingerprint density at radius 2 is 1.57 bits per heavy atom. The number of para-hydroxylation sites is 1. The number of hydrogen-bond acceptors (Lipinski definition) is 4. The molecule has 0 bridgehead atoms. The monoisotopic (exact) mass is 323 g/mol. The summed E-state index contributed by atoms with van der Waals surface area (Å²) in [6.07, 6.45) is 0. The van der Waals surface area contributed by atoms with Crippen LogP contribution >= 0.6 is 0 Å². The highest BCUT2D eigenvalue weighted by Gasteiger charge is 2.25. The van der Waals surface area contributed by atoms with E-state index in [9.17, 15) is 8.42 Å². The lowest BCUT2D eigenvalue weighted by Crippen LogP contribution is -2.04. The van der Waals surface area contributed by atoms with Crippen LogP contribution in [0.2, 0.25) is 0 Å². The van der Waals surface area contributed by atoms with Crippen molar-refractivity contribution in [3.63, 3.8) is 0 Å². The van der Waals surface area contributed by atoms with Gasteiger partial charge in [0.25, 0.3) is 0 Å². The molecule has 0 saturated heterocycles. The Balaban J connectivity index is 2.05. The molecule has 4 aromatic rings. The Kier molecular flexibility index (Phi) is 2.89. The minimum Gasteiger partial charge on any atom is -0.397 e. The second-order valence-electron chi connectivity index (χ2n) is 5.28. The van der Waals surface area contributed by atoms with E-state index in [1.807, 2.05) is 24.3 Å². The summed E-state index contributed by atoms with van der Waals surface area (Å²) < 4.78 is 26.2. The van der Waals surface area contributed by atoms with Gasteiger partial charge in [-0.1, -0.05) is 42.5 Å². The summed E-state index contributed by atoms with van der Waals surface area (Å²) in [5, 5.41) is 8.82. The number of nitrogen functional groups attached to an aromatic ring is 1. The van der Waals surface area contributed by atoms with Gasteiger partial charge in [0.15, 0.2) is 5.03 Å². The Morgan fingerprint density at radius 3 is 2.43 bits per heavy atom. The first-order valence-electron chi connectivity index (χ1n) is 7.04. The van der Waals surface area contributed by atoms with Gasteiger partial charge in [0.05, 0.1) is 10.6 Å². The zero-order valence-electron chi connectivity index (χ0n) is 12.0. The van der Waals surface area contributed by atoms with Gasteiger partial charge in [-0.05, 0) is 23.6 Å². The molecule has 0 atom stereocenters. The van der Waals surface area contributed by atoms with Crippen molar-refractivity contribution in [3.8, 4) is 0 Å². The normalized spacial score (nSPS) is 12.0. The van der Waals surface area contributed by atoms with Crippen LogP contribution in [-0.4, -0.2) is 18.6 Å². The Hall–Kier alpha value is -2.86.